The average molecular weight is 512 g/mol. The Kier molecular flexibility index (Phi) is 8.68. The van der Waals surface area contributed by atoms with E-state index in [2.05, 4.69) is 16.9 Å². The van der Waals surface area contributed by atoms with Crippen LogP contribution in [0.5, 0.6) is 0 Å². The number of sulfonamides is 1. The van der Waals surface area contributed by atoms with Crippen LogP contribution >= 0.6 is 12.0 Å². The van der Waals surface area contributed by atoms with E-state index in [9.17, 15) is 8.42 Å². The number of nitrogens with one attached hydrogen (secondary N) is 1. The second-order valence-electron chi connectivity index (χ2n) is 9.08. The van der Waals surface area contributed by atoms with Crippen LogP contribution in [0, 0.1) is 20.8 Å². The van der Waals surface area contributed by atoms with Crippen molar-refractivity contribution in [1.82, 2.24) is 4.72 Å². The molecular weight excluding hydrogens is 478 g/mol. The zero-order chi connectivity index (χ0) is 24.8. The lowest BCUT2D eigenvalue weighted by atomic mass is 10.1. The van der Waals surface area contributed by atoms with Gasteiger partial charge in [0.1, 0.15) is 0 Å². The third-order valence-corrected chi connectivity index (χ3v) is 8.74. The maximum Gasteiger partial charge on any atom is 0.241 e. The second-order valence-corrected chi connectivity index (χ2v) is 11.6. The molecule has 0 heterocycles. The summed E-state index contributed by atoms with van der Waals surface area (Å²) in [5.74, 6) is 0.775. The minimum Gasteiger partial charge on any atom is -0.377 e. The van der Waals surface area contributed by atoms with E-state index in [-0.39, 0.29) is 6.10 Å². The quantitative estimate of drug-likeness (QED) is 0.259. The first-order chi connectivity index (χ1) is 16.8. The van der Waals surface area contributed by atoms with E-state index in [0.29, 0.717) is 24.5 Å². The van der Waals surface area contributed by atoms with Crippen LogP contribution in [-0.4, -0.2) is 26.9 Å². The molecule has 2 atom stereocenters. The number of ether oxygens (including phenoxy) is 1. The fraction of sp³-hybridized carbons (Fsp3) is 0.357. The number of rotatable bonds is 11. The topological polar surface area (TPSA) is 64.6 Å². The van der Waals surface area contributed by atoms with Gasteiger partial charge < -0.3 is 8.92 Å². The van der Waals surface area contributed by atoms with Crippen LogP contribution in [0.4, 0.5) is 0 Å². The van der Waals surface area contributed by atoms with E-state index in [1.165, 1.54) is 12.0 Å². The van der Waals surface area contributed by atoms with Gasteiger partial charge in [-0.1, -0.05) is 72.3 Å². The molecule has 3 aromatic rings. The predicted molar refractivity (Wildman–Crippen MR) is 142 cm³/mol. The number of aryl methyl sites for hydroxylation is 3. The Bertz CT molecular complexity index is 1220. The molecule has 0 fully saturated rings. The lowest BCUT2D eigenvalue weighted by Gasteiger charge is -2.23. The van der Waals surface area contributed by atoms with E-state index in [0.717, 1.165) is 45.6 Å². The monoisotopic (exact) mass is 511 g/mol. The zero-order valence-electron chi connectivity index (χ0n) is 20.5. The number of hydrogen-bond acceptors (Lipinski definition) is 5. The molecule has 1 aliphatic carbocycles. The van der Waals surface area contributed by atoms with Crippen molar-refractivity contribution >= 4 is 22.1 Å². The van der Waals surface area contributed by atoms with Crippen molar-refractivity contribution in [3.05, 3.63) is 100 Å². The van der Waals surface area contributed by atoms with Gasteiger partial charge >= 0.3 is 0 Å². The molecule has 3 aromatic carbocycles. The Morgan fingerprint density at radius 2 is 1.66 bits per heavy atom. The minimum atomic E-state index is -3.73. The maximum absolute atomic E-state index is 13.5. The first-order valence-corrected chi connectivity index (χ1v) is 14.3. The zero-order valence-corrected chi connectivity index (χ0v) is 22.1. The average Bonchev–Trinajstić information content (AvgIpc) is 3.15. The molecule has 0 spiro atoms. The van der Waals surface area contributed by atoms with Crippen molar-refractivity contribution < 1.29 is 17.3 Å². The molecule has 1 aliphatic rings. The van der Waals surface area contributed by atoms with Gasteiger partial charge in [-0.2, -0.15) is 0 Å². The fourth-order valence-corrected chi connectivity index (χ4v) is 7.11. The molecule has 0 radical (unpaired) electrons. The highest BCUT2D eigenvalue weighted by atomic mass is 32.2. The van der Waals surface area contributed by atoms with Crippen LogP contribution in [0.3, 0.4) is 0 Å². The molecule has 7 heteroatoms. The van der Waals surface area contributed by atoms with Crippen LogP contribution in [0.15, 0.2) is 71.6 Å². The number of benzene rings is 3. The van der Waals surface area contributed by atoms with Crippen molar-refractivity contribution in [3.63, 3.8) is 0 Å². The molecule has 0 aromatic heterocycles. The predicted octanol–water partition coefficient (Wildman–Crippen LogP) is 5.83. The van der Waals surface area contributed by atoms with Gasteiger partial charge in [-0.3, -0.25) is 0 Å². The maximum atomic E-state index is 13.5. The van der Waals surface area contributed by atoms with Gasteiger partial charge in [-0.25, -0.2) is 13.1 Å². The molecule has 186 valence electrons. The van der Waals surface area contributed by atoms with E-state index in [1.807, 2.05) is 75.4 Å². The first kappa shape index (κ1) is 25.9. The largest absolute Gasteiger partial charge is 0.377 e. The molecule has 1 N–H and O–H groups in total. The van der Waals surface area contributed by atoms with E-state index >= 15 is 0 Å². The normalized spacial score (nSPS) is 17.5. The molecule has 5 nitrogen and oxygen atoms in total. The van der Waals surface area contributed by atoms with E-state index in [4.69, 9.17) is 8.92 Å². The summed E-state index contributed by atoms with van der Waals surface area (Å²) in [6, 6.07) is 21.5. The molecule has 35 heavy (non-hydrogen) atoms. The van der Waals surface area contributed by atoms with Crippen molar-refractivity contribution in [3.8, 4) is 0 Å². The van der Waals surface area contributed by atoms with Crippen LogP contribution in [0.2, 0.25) is 0 Å². The lowest BCUT2D eigenvalue weighted by Crippen LogP contribution is -2.35. The molecule has 0 saturated carbocycles. The first-order valence-electron chi connectivity index (χ1n) is 11.9. The number of fused-ring (bicyclic) bond motifs is 1. The summed E-state index contributed by atoms with van der Waals surface area (Å²) in [7, 11) is -3.73. The van der Waals surface area contributed by atoms with Crippen LogP contribution in [0.1, 0.15) is 45.8 Å². The highest BCUT2D eigenvalue weighted by molar-refractivity contribution is 7.94. The molecule has 2 unspecified atom stereocenters. The SMILES string of the molecule is Cc1cc(C)c(S(=O)(=O)NC2c3ccccc3CC2OSCCCOCc2ccccc2)c(C)c1. The Balaban J connectivity index is 1.36. The van der Waals surface area contributed by atoms with Crippen molar-refractivity contribution in [1.29, 1.82) is 0 Å². The fourth-order valence-electron chi connectivity index (χ4n) is 4.72. The van der Waals surface area contributed by atoms with Crippen LogP contribution in [0.25, 0.3) is 0 Å². The van der Waals surface area contributed by atoms with E-state index in [1.54, 1.807) is 0 Å². The third-order valence-electron chi connectivity index (χ3n) is 6.16. The van der Waals surface area contributed by atoms with Crippen LogP contribution < -0.4 is 4.72 Å². The smallest absolute Gasteiger partial charge is 0.241 e. The Hall–Kier alpha value is -2.16. The molecular formula is C28H33NO4S2. The summed E-state index contributed by atoms with van der Waals surface area (Å²) < 4.78 is 41.8. The Morgan fingerprint density at radius 1 is 0.971 bits per heavy atom. The molecule has 4 rings (SSSR count). The standard InChI is InChI=1S/C28H33NO4S2/c1-20-16-21(2)28(22(3)17-20)35(30,31)29-27-25-13-8-7-12-24(25)18-26(27)33-34-15-9-14-32-19-23-10-5-4-6-11-23/h4-8,10-13,16-17,26-27,29H,9,14-15,18-19H2,1-3H3. The Morgan fingerprint density at radius 3 is 2.40 bits per heavy atom. The molecule has 0 saturated heterocycles. The van der Waals surface area contributed by atoms with Gasteiger partial charge in [-0.15, -0.1) is 0 Å². The van der Waals surface area contributed by atoms with Crippen LogP contribution in [-0.2, 0) is 32.0 Å². The van der Waals surface area contributed by atoms with Crippen molar-refractivity contribution in [2.45, 2.75) is 57.3 Å². The van der Waals surface area contributed by atoms with Gasteiger partial charge in [0.05, 0.1) is 23.6 Å². The minimum absolute atomic E-state index is 0.275. The summed E-state index contributed by atoms with van der Waals surface area (Å²) in [6.45, 7) is 6.93. The third kappa shape index (κ3) is 6.54. The van der Waals surface area contributed by atoms with Crippen molar-refractivity contribution in [2.75, 3.05) is 12.4 Å². The molecule has 0 amide bonds. The number of hydrogen-bond donors (Lipinski definition) is 1. The summed E-state index contributed by atoms with van der Waals surface area (Å²) >= 11 is 1.39. The summed E-state index contributed by atoms with van der Waals surface area (Å²) in [6.07, 6.45) is 1.26. The second kappa shape index (κ2) is 11.7. The van der Waals surface area contributed by atoms with Crippen molar-refractivity contribution in [2.24, 2.45) is 0 Å². The summed E-state index contributed by atoms with van der Waals surface area (Å²) in [4.78, 5) is 0.356. The summed E-state index contributed by atoms with van der Waals surface area (Å²) in [5.41, 5.74) is 5.82. The van der Waals surface area contributed by atoms with Gasteiger partial charge in [0.25, 0.3) is 0 Å². The highest BCUT2D eigenvalue weighted by Crippen LogP contribution is 2.37. The van der Waals surface area contributed by atoms with Gasteiger partial charge in [0.2, 0.25) is 10.0 Å². The molecule has 0 bridgehead atoms. The van der Waals surface area contributed by atoms with Gasteiger partial charge in [0.15, 0.2) is 0 Å². The molecule has 0 aliphatic heterocycles. The van der Waals surface area contributed by atoms with E-state index < -0.39 is 16.1 Å². The Labute approximate surface area is 213 Å². The highest BCUT2D eigenvalue weighted by Gasteiger charge is 2.37. The van der Waals surface area contributed by atoms with Gasteiger partial charge in [-0.05, 0) is 67.1 Å². The lowest BCUT2D eigenvalue weighted by molar-refractivity contribution is 0.121. The van der Waals surface area contributed by atoms with Gasteiger partial charge in [0, 0.05) is 18.8 Å². The summed E-state index contributed by atoms with van der Waals surface area (Å²) in [5, 5.41) is 0.